The van der Waals surface area contributed by atoms with Crippen LogP contribution in [0.5, 0.6) is 11.5 Å². The minimum absolute atomic E-state index is 0.0577. The van der Waals surface area contributed by atoms with E-state index in [9.17, 15) is 9.59 Å². The molecule has 1 aromatic heterocycles. The Morgan fingerprint density at radius 2 is 1.70 bits per heavy atom. The van der Waals surface area contributed by atoms with Crippen molar-refractivity contribution >= 4 is 28.3 Å². The Kier molecular flexibility index (Phi) is 5.30. The molecule has 27 heavy (non-hydrogen) atoms. The Morgan fingerprint density at radius 3 is 2.33 bits per heavy atom. The first-order chi connectivity index (χ1) is 13.1. The minimum Gasteiger partial charge on any atom is -0.497 e. The van der Waals surface area contributed by atoms with Crippen LogP contribution in [-0.2, 0) is 0 Å². The van der Waals surface area contributed by atoms with Crippen molar-refractivity contribution in [3.05, 3.63) is 58.4 Å². The highest BCUT2D eigenvalue weighted by Crippen LogP contribution is 2.29. The van der Waals surface area contributed by atoms with Gasteiger partial charge < -0.3 is 24.5 Å². The van der Waals surface area contributed by atoms with E-state index in [0.717, 1.165) is 0 Å². The van der Waals surface area contributed by atoms with Gasteiger partial charge in [-0.3, -0.25) is 4.79 Å². The van der Waals surface area contributed by atoms with Crippen LogP contribution < -0.4 is 25.7 Å². The van der Waals surface area contributed by atoms with Crippen molar-refractivity contribution in [3.63, 3.8) is 0 Å². The van der Waals surface area contributed by atoms with Crippen molar-refractivity contribution in [1.82, 2.24) is 0 Å². The number of amides is 1. The maximum Gasteiger partial charge on any atom is 0.362 e. The molecule has 0 saturated carbocycles. The Bertz CT molecular complexity index is 1020. The summed E-state index contributed by atoms with van der Waals surface area (Å²) in [5.74, 6) is 0.461. The molecule has 0 atom stereocenters. The first-order valence-corrected chi connectivity index (χ1v) is 8.41. The van der Waals surface area contributed by atoms with E-state index in [4.69, 9.17) is 13.9 Å². The fourth-order valence-electron chi connectivity index (χ4n) is 2.75. The van der Waals surface area contributed by atoms with Gasteiger partial charge >= 0.3 is 5.63 Å². The number of hydrogen-bond acceptors (Lipinski definition) is 6. The predicted octanol–water partition coefficient (Wildman–Crippen LogP) is 3.49. The molecule has 0 saturated heterocycles. The molecule has 7 nitrogen and oxygen atoms in total. The molecule has 0 aliphatic rings. The summed E-state index contributed by atoms with van der Waals surface area (Å²) in [4.78, 5) is 25.2. The van der Waals surface area contributed by atoms with E-state index in [1.165, 1.54) is 14.2 Å². The molecule has 0 aliphatic heterocycles. The van der Waals surface area contributed by atoms with Crippen LogP contribution in [0.4, 0.5) is 11.4 Å². The summed E-state index contributed by atoms with van der Waals surface area (Å²) in [7, 11) is 3.00. The predicted molar refractivity (Wildman–Crippen MR) is 104 cm³/mol. The van der Waals surface area contributed by atoms with E-state index in [-0.39, 0.29) is 5.69 Å². The molecule has 1 heterocycles. The van der Waals surface area contributed by atoms with Crippen LogP contribution in [-0.4, -0.2) is 26.7 Å². The summed E-state index contributed by atoms with van der Waals surface area (Å²) in [6.07, 6.45) is 0. The van der Waals surface area contributed by atoms with Gasteiger partial charge in [-0.25, -0.2) is 4.79 Å². The highest BCUT2D eigenvalue weighted by Gasteiger charge is 2.18. The topological polar surface area (TPSA) is 89.8 Å². The van der Waals surface area contributed by atoms with Gasteiger partial charge in [0.05, 0.1) is 19.9 Å². The molecule has 0 fully saturated rings. The Hall–Kier alpha value is -3.48. The summed E-state index contributed by atoms with van der Waals surface area (Å²) < 4.78 is 15.7. The van der Waals surface area contributed by atoms with Crippen molar-refractivity contribution in [3.8, 4) is 11.5 Å². The van der Waals surface area contributed by atoms with Crippen molar-refractivity contribution in [2.24, 2.45) is 0 Å². The molecule has 0 radical (unpaired) electrons. The molecule has 0 aliphatic carbocycles. The van der Waals surface area contributed by atoms with Crippen LogP contribution in [0.2, 0.25) is 0 Å². The van der Waals surface area contributed by atoms with E-state index in [0.29, 0.717) is 40.3 Å². The molecule has 0 bridgehead atoms. The molecule has 0 unspecified atom stereocenters. The van der Waals surface area contributed by atoms with Gasteiger partial charge in [-0.1, -0.05) is 12.1 Å². The van der Waals surface area contributed by atoms with Gasteiger partial charge in [0.1, 0.15) is 17.1 Å². The summed E-state index contributed by atoms with van der Waals surface area (Å²) in [5, 5.41) is 6.50. The van der Waals surface area contributed by atoms with Gasteiger partial charge in [0.2, 0.25) is 0 Å². The summed E-state index contributed by atoms with van der Waals surface area (Å²) in [5.41, 5.74) is 0.684. The average molecular weight is 368 g/mol. The fraction of sp³-hybridized carbons (Fsp3) is 0.200. The second-order valence-corrected chi connectivity index (χ2v) is 5.72. The summed E-state index contributed by atoms with van der Waals surface area (Å²) in [6.45, 7) is 2.48. The number of methoxy groups -OCH3 is 2. The van der Waals surface area contributed by atoms with E-state index >= 15 is 0 Å². The van der Waals surface area contributed by atoms with Gasteiger partial charge in [0.15, 0.2) is 5.69 Å². The van der Waals surface area contributed by atoms with Crippen molar-refractivity contribution in [2.75, 3.05) is 31.4 Å². The average Bonchev–Trinajstić information content (AvgIpc) is 2.69. The second kappa shape index (κ2) is 7.82. The van der Waals surface area contributed by atoms with Crippen molar-refractivity contribution < 1.29 is 18.7 Å². The summed E-state index contributed by atoms with van der Waals surface area (Å²) in [6, 6.07) is 11.9. The highest BCUT2D eigenvalue weighted by atomic mass is 16.5. The number of carbonyl (C=O) groups is 1. The molecule has 0 spiro atoms. The zero-order chi connectivity index (χ0) is 19.4. The standard InChI is InChI=1S/C20H20N2O5/c1-4-21-17-15-7-5-6-8-16(15)27-20(24)18(17)22-19(23)12-9-13(25-2)11-14(10-12)26-3/h5-11,21H,4H2,1-3H3,(H,22,23). The Labute approximate surface area is 155 Å². The number of nitrogens with one attached hydrogen (secondary N) is 2. The zero-order valence-corrected chi connectivity index (χ0v) is 15.3. The minimum atomic E-state index is -0.632. The third-order valence-electron chi connectivity index (χ3n) is 4.02. The number of fused-ring (bicyclic) bond motifs is 1. The van der Waals surface area contributed by atoms with Gasteiger partial charge in [-0.15, -0.1) is 0 Å². The molecular formula is C20H20N2O5. The fourth-order valence-corrected chi connectivity index (χ4v) is 2.75. The van der Waals surface area contributed by atoms with E-state index in [1.54, 1.807) is 30.3 Å². The highest BCUT2D eigenvalue weighted by molar-refractivity contribution is 6.09. The molecule has 3 rings (SSSR count). The molecule has 7 heteroatoms. The molecule has 2 aromatic carbocycles. The number of rotatable bonds is 6. The van der Waals surface area contributed by atoms with Crippen LogP contribution >= 0.6 is 0 Å². The number of anilines is 2. The van der Waals surface area contributed by atoms with Crippen LogP contribution in [0.15, 0.2) is 51.7 Å². The lowest BCUT2D eigenvalue weighted by Crippen LogP contribution is -2.20. The van der Waals surface area contributed by atoms with Gasteiger partial charge in [-0.05, 0) is 31.2 Å². The number of para-hydroxylation sites is 1. The van der Waals surface area contributed by atoms with Crippen LogP contribution in [0.25, 0.3) is 11.0 Å². The second-order valence-electron chi connectivity index (χ2n) is 5.72. The Balaban J connectivity index is 2.06. The lowest BCUT2D eigenvalue weighted by atomic mass is 10.1. The first kappa shape index (κ1) is 18.3. The first-order valence-electron chi connectivity index (χ1n) is 8.41. The maximum atomic E-state index is 12.8. The van der Waals surface area contributed by atoms with Gasteiger partial charge in [0.25, 0.3) is 5.91 Å². The van der Waals surface area contributed by atoms with Crippen LogP contribution in [0, 0.1) is 0 Å². The molecule has 3 aromatic rings. The van der Waals surface area contributed by atoms with Gasteiger partial charge in [0, 0.05) is 23.6 Å². The van der Waals surface area contributed by atoms with E-state index in [1.807, 2.05) is 19.1 Å². The molecule has 1 amide bonds. The molecular weight excluding hydrogens is 348 g/mol. The van der Waals surface area contributed by atoms with Crippen molar-refractivity contribution in [2.45, 2.75) is 6.92 Å². The lowest BCUT2D eigenvalue weighted by molar-refractivity contribution is 0.102. The molecule has 140 valence electrons. The Morgan fingerprint density at radius 1 is 1.04 bits per heavy atom. The SMILES string of the molecule is CCNc1c(NC(=O)c2cc(OC)cc(OC)c2)c(=O)oc2ccccc12. The monoisotopic (exact) mass is 368 g/mol. The largest absolute Gasteiger partial charge is 0.497 e. The summed E-state index contributed by atoms with van der Waals surface area (Å²) >= 11 is 0. The normalized spacial score (nSPS) is 10.5. The van der Waals surface area contributed by atoms with E-state index < -0.39 is 11.5 Å². The van der Waals surface area contributed by atoms with E-state index in [2.05, 4.69) is 10.6 Å². The third-order valence-corrected chi connectivity index (χ3v) is 4.02. The lowest BCUT2D eigenvalue weighted by Gasteiger charge is -2.14. The maximum absolute atomic E-state index is 12.8. The quantitative estimate of drug-likeness (QED) is 0.648. The zero-order valence-electron chi connectivity index (χ0n) is 15.3. The molecule has 2 N–H and O–H groups in total. The number of ether oxygens (including phenoxy) is 2. The van der Waals surface area contributed by atoms with Crippen molar-refractivity contribution in [1.29, 1.82) is 0 Å². The van der Waals surface area contributed by atoms with Crippen LogP contribution in [0.1, 0.15) is 17.3 Å². The number of carbonyl (C=O) groups excluding carboxylic acids is 1. The third kappa shape index (κ3) is 3.72. The van der Waals surface area contributed by atoms with Crippen LogP contribution in [0.3, 0.4) is 0 Å². The smallest absolute Gasteiger partial charge is 0.362 e. The number of hydrogen-bond donors (Lipinski definition) is 2. The van der Waals surface area contributed by atoms with Gasteiger partial charge in [-0.2, -0.15) is 0 Å². The number of benzene rings is 2.